The fourth-order valence-corrected chi connectivity index (χ4v) is 1.31. The zero-order valence-corrected chi connectivity index (χ0v) is 8.92. The predicted molar refractivity (Wildman–Crippen MR) is 60.1 cm³/mol. The van der Waals surface area contributed by atoms with E-state index in [1.165, 1.54) is 11.1 Å². The molecular formula is C11H15N3O. The monoisotopic (exact) mass is 205 g/mol. The van der Waals surface area contributed by atoms with Gasteiger partial charge in [-0.25, -0.2) is 4.79 Å². The predicted octanol–water partition coefficient (Wildman–Crippen LogP) is 1.49. The number of nitrogens with two attached hydrogens (primary N) is 1. The number of benzene rings is 1. The van der Waals surface area contributed by atoms with Crippen LogP contribution in [0.15, 0.2) is 18.2 Å². The van der Waals surface area contributed by atoms with E-state index < -0.39 is 6.03 Å². The average Bonchev–Trinajstić information content (AvgIpc) is 2.10. The maximum Gasteiger partial charge on any atom is 0.317 e. The van der Waals surface area contributed by atoms with Gasteiger partial charge in [-0.15, -0.1) is 0 Å². The van der Waals surface area contributed by atoms with Crippen LogP contribution in [0.2, 0.25) is 0 Å². The minimum atomic E-state index is -0.691. The Morgan fingerprint density at radius 3 is 2.60 bits per heavy atom. The maximum atomic E-state index is 10.5. The smallest absolute Gasteiger partial charge is 0.317 e. The van der Waals surface area contributed by atoms with Crippen molar-refractivity contribution in [2.75, 3.05) is 0 Å². The first kappa shape index (κ1) is 11.2. The minimum absolute atomic E-state index is 0.116. The Balaban J connectivity index is 2.69. The molecule has 1 aromatic rings. The van der Waals surface area contributed by atoms with Crippen LogP contribution >= 0.6 is 0 Å². The van der Waals surface area contributed by atoms with Crippen LogP contribution in [0, 0.1) is 19.3 Å². The molecule has 15 heavy (non-hydrogen) atoms. The Hall–Kier alpha value is -1.84. The molecule has 0 spiro atoms. The number of carbonyl (C=O) groups is 1. The number of urea groups is 1. The summed E-state index contributed by atoms with van der Waals surface area (Å²) in [7, 11) is 0. The Bertz CT molecular complexity index is 399. The number of rotatable bonds is 2. The molecule has 0 aliphatic rings. The Morgan fingerprint density at radius 1 is 1.40 bits per heavy atom. The summed E-state index contributed by atoms with van der Waals surface area (Å²) in [4.78, 5) is 10.5. The molecule has 4 heteroatoms. The van der Waals surface area contributed by atoms with Crippen LogP contribution in [0.5, 0.6) is 0 Å². The van der Waals surface area contributed by atoms with Gasteiger partial charge in [-0.05, 0) is 30.5 Å². The molecule has 1 aromatic carbocycles. The fraction of sp³-hybridized carbons (Fsp3) is 0.273. The van der Waals surface area contributed by atoms with Crippen molar-refractivity contribution in [3.05, 3.63) is 34.9 Å². The number of hydrogen-bond donors (Lipinski definition) is 3. The van der Waals surface area contributed by atoms with Gasteiger partial charge < -0.3 is 5.73 Å². The standard InChI is InChI=1S/C11H15N3O/c1-7-3-4-9(5-8(7)2)6-10(12)14-11(13)15/h3-5H,6H2,1-2H3,(H4,12,13,14,15). The molecule has 0 aromatic heterocycles. The van der Waals surface area contributed by atoms with Gasteiger partial charge in [0.15, 0.2) is 0 Å². The van der Waals surface area contributed by atoms with Crippen LogP contribution in [-0.4, -0.2) is 11.9 Å². The van der Waals surface area contributed by atoms with E-state index in [-0.39, 0.29) is 5.84 Å². The number of amidine groups is 1. The number of primary amides is 1. The van der Waals surface area contributed by atoms with E-state index in [0.717, 1.165) is 5.56 Å². The van der Waals surface area contributed by atoms with Crippen LogP contribution in [0.1, 0.15) is 16.7 Å². The minimum Gasteiger partial charge on any atom is -0.351 e. The summed E-state index contributed by atoms with van der Waals surface area (Å²) in [6.07, 6.45) is 0.393. The topological polar surface area (TPSA) is 79.0 Å². The van der Waals surface area contributed by atoms with Crippen LogP contribution in [0.25, 0.3) is 0 Å². The van der Waals surface area contributed by atoms with E-state index in [9.17, 15) is 4.79 Å². The Morgan fingerprint density at radius 2 is 2.07 bits per heavy atom. The number of aryl methyl sites for hydroxylation is 2. The van der Waals surface area contributed by atoms with Crippen molar-refractivity contribution >= 4 is 11.9 Å². The van der Waals surface area contributed by atoms with Crippen LogP contribution in [0.3, 0.4) is 0 Å². The number of nitrogens with one attached hydrogen (secondary N) is 2. The van der Waals surface area contributed by atoms with Gasteiger partial charge in [-0.2, -0.15) is 0 Å². The van der Waals surface area contributed by atoms with Crippen LogP contribution < -0.4 is 11.1 Å². The fourth-order valence-electron chi connectivity index (χ4n) is 1.31. The first-order valence-electron chi connectivity index (χ1n) is 4.69. The van der Waals surface area contributed by atoms with Crippen molar-refractivity contribution in [1.29, 1.82) is 5.41 Å². The first-order valence-corrected chi connectivity index (χ1v) is 4.69. The lowest BCUT2D eigenvalue weighted by Crippen LogP contribution is -2.35. The van der Waals surface area contributed by atoms with E-state index >= 15 is 0 Å². The maximum absolute atomic E-state index is 10.5. The third-order valence-corrected chi connectivity index (χ3v) is 2.23. The van der Waals surface area contributed by atoms with Gasteiger partial charge in [0.25, 0.3) is 0 Å². The number of carbonyl (C=O) groups excluding carboxylic acids is 1. The molecule has 2 amide bonds. The van der Waals surface area contributed by atoms with Gasteiger partial charge in [-0.1, -0.05) is 18.2 Å². The second-order valence-electron chi connectivity index (χ2n) is 3.56. The highest BCUT2D eigenvalue weighted by Crippen LogP contribution is 2.10. The average molecular weight is 205 g/mol. The summed E-state index contributed by atoms with van der Waals surface area (Å²) in [6.45, 7) is 4.05. The Labute approximate surface area is 89.0 Å². The lowest BCUT2D eigenvalue weighted by atomic mass is 10.0. The molecule has 0 bridgehead atoms. The summed E-state index contributed by atoms with van der Waals surface area (Å²) in [5.74, 6) is 0.116. The largest absolute Gasteiger partial charge is 0.351 e. The molecule has 4 nitrogen and oxygen atoms in total. The van der Waals surface area contributed by atoms with E-state index in [0.29, 0.717) is 6.42 Å². The van der Waals surface area contributed by atoms with Crippen molar-refractivity contribution in [1.82, 2.24) is 5.32 Å². The number of amides is 2. The quantitative estimate of drug-likeness (QED) is 0.496. The number of hydrogen-bond acceptors (Lipinski definition) is 2. The lowest BCUT2D eigenvalue weighted by Gasteiger charge is -2.06. The van der Waals surface area contributed by atoms with Crippen molar-refractivity contribution in [3.63, 3.8) is 0 Å². The molecule has 0 fully saturated rings. The molecule has 0 aliphatic heterocycles. The van der Waals surface area contributed by atoms with E-state index in [2.05, 4.69) is 5.32 Å². The molecule has 4 N–H and O–H groups in total. The summed E-state index contributed by atoms with van der Waals surface area (Å²) in [5, 5.41) is 9.72. The van der Waals surface area contributed by atoms with Crippen LogP contribution in [0.4, 0.5) is 4.79 Å². The summed E-state index contributed by atoms with van der Waals surface area (Å²) >= 11 is 0. The normalized spacial score (nSPS) is 9.73. The van der Waals surface area contributed by atoms with Crippen molar-refractivity contribution in [2.45, 2.75) is 20.3 Å². The molecule has 0 atom stereocenters. The molecule has 0 unspecified atom stereocenters. The van der Waals surface area contributed by atoms with Gasteiger partial charge in [0.05, 0.1) is 0 Å². The molecule has 0 saturated heterocycles. The van der Waals surface area contributed by atoms with Gasteiger partial charge >= 0.3 is 6.03 Å². The molecule has 1 rings (SSSR count). The van der Waals surface area contributed by atoms with Crippen molar-refractivity contribution in [3.8, 4) is 0 Å². The summed E-state index contributed by atoms with van der Waals surface area (Å²) < 4.78 is 0. The third kappa shape index (κ3) is 3.42. The van der Waals surface area contributed by atoms with E-state index in [1.807, 2.05) is 32.0 Å². The van der Waals surface area contributed by atoms with E-state index in [1.54, 1.807) is 0 Å². The molecule has 80 valence electrons. The summed E-state index contributed by atoms with van der Waals surface area (Å²) in [6, 6.07) is 5.26. The first-order chi connectivity index (χ1) is 6.99. The molecule has 0 saturated carbocycles. The second-order valence-corrected chi connectivity index (χ2v) is 3.56. The molecule has 0 aliphatic carbocycles. The highest BCUT2D eigenvalue weighted by atomic mass is 16.2. The third-order valence-electron chi connectivity index (χ3n) is 2.23. The van der Waals surface area contributed by atoms with Crippen LogP contribution in [-0.2, 0) is 6.42 Å². The van der Waals surface area contributed by atoms with Crippen molar-refractivity contribution < 1.29 is 4.79 Å². The zero-order chi connectivity index (χ0) is 11.4. The summed E-state index contributed by atoms with van der Waals surface area (Å²) in [5.41, 5.74) is 8.30. The molecule has 0 heterocycles. The van der Waals surface area contributed by atoms with Gasteiger partial charge in [-0.3, -0.25) is 10.7 Å². The SMILES string of the molecule is Cc1ccc(CC(=N)NC(N)=O)cc1C. The lowest BCUT2D eigenvalue weighted by molar-refractivity contribution is 0.253. The van der Waals surface area contributed by atoms with Gasteiger partial charge in [0, 0.05) is 6.42 Å². The zero-order valence-electron chi connectivity index (χ0n) is 8.92. The molecule has 0 radical (unpaired) electrons. The van der Waals surface area contributed by atoms with Gasteiger partial charge in [0.1, 0.15) is 5.84 Å². The molecular weight excluding hydrogens is 190 g/mol. The van der Waals surface area contributed by atoms with Crippen molar-refractivity contribution in [2.24, 2.45) is 5.73 Å². The highest BCUT2D eigenvalue weighted by molar-refractivity contribution is 5.96. The van der Waals surface area contributed by atoms with E-state index in [4.69, 9.17) is 11.1 Å². The second kappa shape index (κ2) is 4.59. The highest BCUT2D eigenvalue weighted by Gasteiger charge is 2.02. The Kier molecular flexibility index (Phi) is 3.44. The van der Waals surface area contributed by atoms with Gasteiger partial charge in [0.2, 0.25) is 0 Å².